The molecular weight excluding hydrogens is 452 g/mol. The summed E-state index contributed by atoms with van der Waals surface area (Å²) in [5.74, 6) is 2.02. The summed E-state index contributed by atoms with van der Waals surface area (Å²) in [5.41, 5.74) is 3.39. The number of fused-ring (bicyclic) bond motifs is 1. The third kappa shape index (κ3) is 6.07. The van der Waals surface area contributed by atoms with Crippen molar-refractivity contribution in [2.45, 2.75) is 46.0 Å². The lowest BCUT2D eigenvalue weighted by molar-refractivity contribution is 0.146. The standard InChI is InChI=1S/C28H42N6S/c1-3-31-11-15-33(16-12-31)27-19-22(2)25-20-24(9-10-26(25)30-27)29-28(35)34-17-13-32(14-18-34)21-23-7-5-4-6-8-23/h9-10,19-20,23H,3-8,11-18,21H2,1-2H3,(H,29,35). The molecule has 1 aromatic heterocycles. The number of nitrogens with zero attached hydrogens (tertiary/aromatic N) is 5. The molecule has 1 saturated carbocycles. The Bertz CT molecular complexity index is 1000. The van der Waals surface area contributed by atoms with Crippen molar-refractivity contribution in [1.82, 2.24) is 19.7 Å². The van der Waals surface area contributed by atoms with Gasteiger partial charge >= 0.3 is 0 Å². The molecule has 190 valence electrons. The molecule has 2 aromatic rings. The van der Waals surface area contributed by atoms with Crippen LogP contribution in [0.15, 0.2) is 24.3 Å². The van der Waals surface area contributed by atoms with Gasteiger partial charge in [-0.15, -0.1) is 0 Å². The highest BCUT2D eigenvalue weighted by atomic mass is 32.1. The molecule has 5 rings (SSSR count). The van der Waals surface area contributed by atoms with E-state index in [2.05, 4.69) is 63.0 Å². The van der Waals surface area contributed by atoms with Crippen LogP contribution in [0, 0.1) is 12.8 Å². The number of hydrogen-bond donors (Lipinski definition) is 1. The number of anilines is 2. The van der Waals surface area contributed by atoms with Crippen LogP contribution in [0.2, 0.25) is 0 Å². The van der Waals surface area contributed by atoms with Gasteiger partial charge in [-0.2, -0.15) is 0 Å². The number of aromatic nitrogens is 1. The van der Waals surface area contributed by atoms with Crippen LogP contribution < -0.4 is 10.2 Å². The van der Waals surface area contributed by atoms with E-state index in [4.69, 9.17) is 17.2 Å². The van der Waals surface area contributed by atoms with Crippen LogP contribution in [-0.4, -0.2) is 90.2 Å². The van der Waals surface area contributed by atoms with E-state index in [0.29, 0.717) is 0 Å². The molecule has 0 unspecified atom stereocenters. The Morgan fingerprint density at radius 3 is 2.37 bits per heavy atom. The molecular formula is C28H42N6S. The second-order valence-corrected chi connectivity index (χ2v) is 11.1. The maximum atomic E-state index is 5.81. The Balaban J connectivity index is 1.17. The van der Waals surface area contributed by atoms with Gasteiger partial charge in [0.2, 0.25) is 0 Å². The first-order valence-corrected chi connectivity index (χ1v) is 14.2. The van der Waals surface area contributed by atoms with Gasteiger partial charge in [0.25, 0.3) is 0 Å². The largest absolute Gasteiger partial charge is 0.354 e. The SMILES string of the molecule is CCN1CCN(c2cc(C)c3cc(NC(=S)N4CCN(CC5CCCCC5)CC4)ccc3n2)CC1. The highest BCUT2D eigenvalue weighted by molar-refractivity contribution is 7.80. The highest BCUT2D eigenvalue weighted by Crippen LogP contribution is 2.27. The molecule has 1 aromatic carbocycles. The summed E-state index contributed by atoms with van der Waals surface area (Å²) in [4.78, 5) is 14.9. The minimum absolute atomic E-state index is 0.845. The first kappa shape index (κ1) is 24.7. The highest BCUT2D eigenvalue weighted by Gasteiger charge is 2.23. The normalized spacial score (nSPS) is 21.0. The topological polar surface area (TPSA) is 37.9 Å². The van der Waals surface area contributed by atoms with E-state index in [1.165, 1.54) is 49.6 Å². The first-order valence-electron chi connectivity index (χ1n) is 13.8. The average molecular weight is 495 g/mol. The van der Waals surface area contributed by atoms with Crippen LogP contribution in [0.4, 0.5) is 11.5 Å². The van der Waals surface area contributed by atoms with Crippen molar-refractivity contribution in [3.05, 3.63) is 29.8 Å². The fourth-order valence-electron chi connectivity index (χ4n) is 5.98. The number of hydrogen-bond acceptors (Lipinski definition) is 5. The Labute approximate surface area is 216 Å². The minimum atomic E-state index is 0.845. The molecule has 0 atom stereocenters. The summed E-state index contributed by atoms with van der Waals surface area (Å²) in [6, 6.07) is 8.72. The van der Waals surface area contributed by atoms with Gasteiger partial charge in [-0.05, 0) is 74.3 Å². The van der Waals surface area contributed by atoms with Crippen molar-refractivity contribution in [3.8, 4) is 0 Å². The van der Waals surface area contributed by atoms with E-state index >= 15 is 0 Å². The lowest BCUT2D eigenvalue weighted by Crippen LogP contribution is -2.50. The van der Waals surface area contributed by atoms with Crippen LogP contribution >= 0.6 is 12.2 Å². The van der Waals surface area contributed by atoms with Crippen molar-refractivity contribution in [2.75, 3.05) is 75.7 Å². The molecule has 6 nitrogen and oxygen atoms in total. The fourth-order valence-corrected chi connectivity index (χ4v) is 6.28. The van der Waals surface area contributed by atoms with E-state index in [1.54, 1.807) is 0 Å². The van der Waals surface area contributed by atoms with E-state index in [1.807, 2.05) is 0 Å². The number of aryl methyl sites for hydroxylation is 1. The number of benzene rings is 1. The fraction of sp³-hybridized carbons (Fsp3) is 0.643. The summed E-state index contributed by atoms with van der Waals surface area (Å²) in [7, 11) is 0. The zero-order chi connectivity index (χ0) is 24.2. The number of pyridine rings is 1. The quantitative estimate of drug-likeness (QED) is 0.610. The van der Waals surface area contributed by atoms with Crippen LogP contribution in [0.1, 0.15) is 44.6 Å². The monoisotopic (exact) mass is 494 g/mol. The lowest BCUT2D eigenvalue weighted by Gasteiger charge is -2.38. The second-order valence-electron chi connectivity index (χ2n) is 10.7. The van der Waals surface area contributed by atoms with Crippen LogP contribution in [0.25, 0.3) is 10.9 Å². The predicted octanol–water partition coefficient (Wildman–Crippen LogP) is 4.58. The van der Waals surface area contributed by atoms with Crippen molar-refractivity contribution in [2.24, 2.45) is 5.92 Å². The summed E-state index contributed by atoms with van der Waals surface area (Å²) >= 11 is 5.81. The van der Waals surface area contributed by atoms with Crippen LogP contribution in [0.5, 0.6) is 0 Å². The van der Waals surface area contributed by atoms with E-state index in [9.17, 15) is 0 Å². The third-order valence-corrected chi connectivity index (χ3v) is 8.66. The molecule has 3 fully saturated rings. The molecule has 0 bridgehead atoms. The summed E-state index contributed by atoms with van der Waals surface area (Å²) in [6.45, 7) is 15.4. The molecule has 7 heteroatoms. The predicted molar refractivity (Wildman–Crippen MR) is 152 cm³/mol. The van der Waals surface area contributed by atoms with Gasteiger partial charge < -0.3 is 20.0 Å². The first-order chi connectivity index (χ1) is 17.1. The van der Waals surface area contributed by atoms with E-state index < -0.39 is 0 Å². The van der Waals surface area contributed by atoms with Gasteiger partial charge in [0, 0.05) is 70.0 Å². The Morgan fingerprint density at radius 1 is 0.943 bits per heavy atom. The van der Waals surface area contributed by atoms with Crippen molar-refractivity contribution in [3.63, 3.8) is 0 Å². The van der Waals surface area contributed by atoms with E-state index in [0.717, 1.165) is 87.0 Å². The Hall–Kier alpha value is -1.96. The van der Waals surface area contributed by atoms with Gasteiger partial charge in [0.05, 0.1) is 5.52 Å². The van der Waals surface area contributed by atoms with Crippen molar-refractivity contribution >= 4 is 39.7 Å². The zero-order valence-electron chi connectivity index (χ0n) is 21.6. The Kier molecular flexibility index (Phi) is 8.05. The van der Waals surface area contributed by atoms with Gasteiger partial charge in [0.1, 0.15) is 5.82 Å². The number of piperazine rings is 2. The van der Waals surface area contributed by atoms with Crippen molar-refractivity contribution in [1.29, 1.82) is 0 Å². The summed E-state index contributed by atoms with van der Waals surface area (Å²) in [6.07, 6.45) is 7.14. The minimum Gasteiger partial charge on any atom is -0.354 e. The molecule has 3 aliphatic rings. The van der Waals surface area contributed by atoms with Gasteiger partial charge in [-0.3, -0.25) is 4.90 Å². The van der Waals surface area contributed by atoms with Gasteiger partial charge in [-0.25, -0.2) is 4.98 Å². The molecule has 0 radical (unpaired) electrons. The lowest BCUT2D eigenvalue weighted by atomic mass is 9.89. The molecule has 1 aliphatic carbocycles. The molecule has 35 heavy (non-hydrogen) atoms. The molecule has 0 spiro atoms. The maximum absolute atomic E-state index is 5.81. The second kappa shape index (κ2) is 11.4. The van der Waals surface area contributed by atoms with Gasteiger partial charge in [0.15, 0.2) is 5.11 Å². The van der Waals surface area contributed by atoms with E-state index in [-0.39, 0.29) is 0 Å². The number of likely N-dealkylation sites (N-methyl/N-ethyl adjacent to an activating group) is 1. The summed E-state index contributed by atoms with van der Waals surface area (Å²) in [5, 5.41) is 5.56. The van der Waals surface area contributed by atoms with Crippen LogP contribution in [-0.2, 0) is 0 Å². The molecule has 2 aliphatic heterocycles. The number of nitrogens with one attached hydrogen (secondary N) is 1. The van der Waals surface area contributed by atoms with Crippen molar-refractivity contribution < 1.29 is 0 Å². The molecule has 0 amide bonds. The number of rotatable bonds is 5. The summed E-state index contributed by atoms with van der Waals surface area (Å²) < 4.78 is 0. The molecule has 3 heterocycles. The van der Waals surface area contributed by atoms with Gasteiger partial charge in [-0.1, -0.05) is 26.2 Å². The zero-order valence-corrected chi connectivity index (χ0v) is 22.5. The molecule has 2 saturated heterocycles. The Morgan fingerprint density at radius 2 is 1.66 bits per heavy atom. The maximum Gasteiger partial charge on any atom is 0.173 e. The molecule has 1 N–H and O–H groups in total. The average Bonchev–Trinajstić information content (AvgIpc) is 2.90. The van der Waals surface area contributed by atoms with Crippen LogP contribution in [0.3, 0.4) is 0 Å². The third-order valence-electron chi connectivity index (χ3n) is 8.30. The number of thiocarbonyl (C=S) groups is 1. The smallest absolute Gasteiger partial charge is 0.173 e.